The smallest absolute Gasteiger partial charge is 0.119 e. The molecule has 0 amide bonds. The lowest BCUT2D eigenvalue weighted by Gasteiger charge is -2.36. The van der Waals surface area contributed by atoms with Gasteiger partial charge in [0.25, 0.3) is 0 Å². The minimum absolute atomic E-state index is 0.0438. The Morgan fingerprint density at radius 3 is 2.81 bits per heavy atom. The van der Waals surface area contributed by atoms with Crippen LogP contribution in [-0.2, 0) is 6.61 Å². The highest BCUT2D eigenvalue weighted by atomic mass is 16.5. The van der Waals surface area contributed by atoms with Crippen LogP contribution in [0, 0.1) is 11.3 Å². The second kappa shape index (κ2) is 7.44. The number of ether oxygens (including phenoxy) is 1. The van der Waals surface area contributed by atoms with Crippen molar-refractivity contribution in [2.45, 2.75) is 57.3 Å². The lowest BCUT2D eigenvalue weighted by molar-refractivity contribution is 0.112. The van der Waals surface area contributed by atoms with Crippen molar-refractivity contribution in [1.29, 1.82) is 5.26 Å². The molecule has 0 radical (unpaired) electrons. The van der Waals surface area contributed by atoms with Crippen LogP contribution in [0.15, 0.2) is 24.3 Å². The highest BCUT2D eigenvalue weighted by molar-refractivity contribution is 5.27. The molecule has 2 N–H and O–H groups in total. The minimum Gasteiger partial charge on any atom is -0.490 e. The van der Waals surface area contributed by atoms with Crippen molar-refractivity contribution < 1.29 is 9.84 Å². The van der Waals surface area contributed by atoms with Gasteiger partial charge in [0, 0.05) is 6.42 Å². The third-order valence-electron chi connectivity index (χ3n) is 4.04. The highest BCUT2D eigenvalue weighted by Gasteiger charge is 2.37. The average molecular weight is 288 g/mol. The van der Waals surface area contributed by atoms with E-state index in [1.54, 1.807) is 0 Å². The van der Waals surface area contributed by atoms with E-state index in [1.807, 2.05) is 24.3 Å². The number of rotatable bonds is 6. The van der Waals surface area contributed by atoms with Gasteiger partial charge in [-0.3, -0.25) is 5.32 Å². The van der Waals surface area contributed by atoms with Crippen molar-refractivity contribution in [3.8, 4) is 11.8 Å². The fraction of sp³-hybridized carbons (Fsp3) is 0.588. The van der Waals surface area contributed by atoms with Gasteiger partial charge in [0.1, 0.15) is 17.4 Å². The van der Waals surface area contributed by atoms with E-state index in [-0.39, 0.29) is 12.7 Å². The molecule has 2 unspecified atom stereocenters. The molecule has 0 aliphatic heterocycles. The molecule has 0 heterocycles. The summed E-state index contributed by atoms with van der Waals surface area (Å²) in [4.78, 5) is 0. The van der Waals surface area contributed by atoms with E-state index in [2.05, 4.69) is 18.3 Å². The molecule has 1 fully saturated rings. The molecule has 4 nitrogen and oxygen atoms in total. The van der Waals surface area contributed by atoms with Gasteiger partial charge < -0.3 is 9.84 Å². The van der Waals surface area contributed by atoms with E-state index in [9.17, 15) is 5.26 Å². The number of aliphatic hydroxyl groups excluding tert-OH is 1. The first kappa shape index (κ1) is 15.8. The maximum atomic E-state index is 9.52. The molecule has 114 valence electrons. The van der Waals surface area contributed by atoms with Crippen LogP contribution in [0.4, 0.5) is 0 Å². The highest BCUT2D eigenvalue weighted by Crippen LogP contribution is 2.31. The van der Waals surface area contributed by atoms with Gasteiger partial charge in [-0.2, -0.15) is 5.26 Å². The van der Waals surface area contributed by atoms with Crippen LogP contribution in [0.2, 0.25) is 0 Å². The maximum absolute atomic E-state index is 9.52. The quantitative estimate of drug-likeness (QED) is 0.844. The summed E-state index contributed by atoms with van der Waals surface area (Å²) in [6.45, 7) is 3.02. The maximum Gasteiger partial charge on any atom is 0.119 e. The van der Waals surface area contributed by atoms with Gasteiger partial charge in [-0.25, -0.2) is 0 Å². The van der Waals surface area contributed by atoms with E-state index in [4.69, 9.17) is 9.84 Å². The van der Waals surface area contributed by atoms with Crippen molar-refractivity contribution in [2.24, 2.45) is 0 Å². The predicted octanol–water partition coefficient (Wildman–Crippen LogP) is 2.76. The Hall–Kier alpha value is -1.57. The van der Waals surface area contributed by atoms with Crippen molar-refractivity contribution >= 4 is 0 Å². The van der Waals surface area contributed by atoms with Crippen molar-refractivity contribution in [3.63, 3.8) is 0 Å². The summed E-state index contributed by atoms with van der Waals surface area (Å²) in [5.74, 6) is 0.807. The Labute approximate surface area is 126 Å². The van der Waals surface area contributed by atoms with Gasteiger partial charge >= 0.3 is 0 Å². The fourth-order valence-electron chi connectivity index (χ4n) is 2.86. The fourth-order valence-corrected chi connectivity index (χ4v) is 2.86. The number of nitriles is 1. The second-order valence-corrected chi connectivity index (χ2v) is 5.76. The molecular formula is C17H24N2O2. The summed E-state index contributed by atoms with van der Waals surface area (Å²) in [6.07, 6.45) is 4.71. The summed E-state index contributed by atoms with van der Waals surface area (Å²) < 4.78 is 6.02. The molecule has 1 aliphatic rings. The van der Waals surface area contributed by atoms with E-state index in [0.29, 0.717) is 0 Å². The summed E-state index contributed by atoms with van der Waals surface area (Å²) in [5.41, 5.74) is 0.436. The molecule has 1 aliphatic carbocycles. The van der Waals surface area contributed by atoms with E-state index >= 15 is 0 Å². The molecule has 1 aromatic rings. The number of aliphatic hydroxyl groups is 1. The van der Waals surface area contributed by atoms with Crippen LogP contribution < -0.4 is 10.1 Å². The van der Waals surface area contributed by atoms with Crippen LogP contribution in [0.5, 0.6) is 5.75 Å². The van der Waals surface area contributed by atoms with Gasteiger partial charge in [-0.1, -0.05) is 19.1 Å². The molecule has 0 spiro atoms. The SMILES string of the molecule is CCCNC1(C#N)CCCC(Oc2ccc(CO)cc2)C1. The van der Waals surface area contributed by atoms with Gasteiger partial charge in [0.2, 0.25) is 0 Å². The van der Waals surface area contributed by atoms with Crippen LogP contribution in [0.25, 0.3) is 0 Å². The number of hydrogen-bond donors (Lipinski definition) is 2. The molecule has 4 heteroatoms. The van der Waals surface area contributed by atoms with Gasteiger partial charge in [0.15, 0.2) is 0 Å². The lowest BCUT2D eigenvalue weighted by atomic mass is 9.81. The van der Waals surface area contributed by atoms with E-state index in [0.717, 1.165) is 50.0 Å². The van der Waals surface area contributed by atoms with E-state index < -0.39 is 5.54 Å². The Morgan fingerprint density at radius 1 is 1.43 bits per heavy atom. The second-order valence-electron chi connectivity index (χ2n) is 5.76. The van der Waals surface area contributed by atoms with Crippen LogP contribution >= 0.6 is 0 Å². The Bertz CT molecular complexity index is 481. The monoisotopic (exact) mass is 288 g/mol. The third kappa shape index (κ3) is 4.20. The zero-order chi connectivity index (χ0) is 15.1. The van der Waals surface area contributed by atoms with Crippen molar-refractivity contribution in [1.82, 2.24) is 5.32 Å². The largest absolute Gasteiger partial charge is 0.490 e. The molecule has 0 aromatic heterocycles. The third-order valence-corrected chi connectivity index (χ3v) is 4.04. The first-order valence-electron chi connectivity index (χ1n) is 7.74. The van der Waals surface area contributed by atoms with Crippen LogP contribution in [0.1, 0.15) is 44.6 Å². The Balaban J connectivity index is 1.98. The number of nitrogens with one attached hydrogen (secondary N) is 1. The lowest BCUT2D eigenvalue weighted by Crippen LogP contribution is -2.50. The van der Waals surface area contributed by atoms with Crippen molar-refractivity contribution in [3.05, 3.63) is 29.8 Å². The molecule has 1 aromatic carbocycles. The van der Waals surface area contributed by atoms with Gasteiger partial charge in [-0.05, 0) is 49.9 Å². The summed E-state index contributed by atoms with van der Waals surface area (Å²) in [6, 6.07) is 9.96. The number of nitrogens with zero attached hydrogens (tertiary/aromatic N) is 1. The van der Waals surface area contributed by atoms with Crippen LogP contribution in [0.3, 0.4) is 0 Å². The zero-order valence-electron chi connectivity index (χ0n) is 12.6. The molecule has 2 atom stereocenters. The molecule has 0 bridgehead atoms. The first-order chi connectivity index (χ1) is 10.2. The summed E-state index contributed by atoms with van der Waals surface area (Å²) in [5, 5.41) is 22.0. The first-order valence-corrected chi connectivity index (χ1v) is 7.74. The Morgan fingerprint density at radius 2 is 2.19 bits per heavy atom. The minimum atomic E-state index is -0.441. The molecule has 21 heavy (non-hydrogen) atoms. The average Bonchev–Trinajstić information content (AvgIpc) is 2.54. The predicted molar refractivity (Wildman–Crippen MR) is 81.9 cm³/mol. The summed E-state index contributed by atoms with van der Waals surface area (Å²) in [7, 11) is 0. The topological polar surface area (TPSA) is 65.3 Å². The molecule has 2 rings (SSSR count). The van der Waals surface area contributed by atoms with Gasteiger partial charge in [0.05, 0.1) is 12.7 Å². The number of hydrogen-bond acceptors (Lipinski definition) is 4. The normalized spacial score (nSPS) is 25.3. The summed E-state index contributed by atoms with van der Waals surface area (Å²) >= 11 is 0. The molecular weight excluding hydrogens is 264 g/mol. The molecule has 0 saturated heterocycles. The van der Waals surface area contributed by atoms with Crippen molar-refractivity contribution in [2.75, 3.05) is 6.54 Å². The zero-order valence-corrected chi connectivity index (χ0v) is 12.6. The Kier molecular flexibility index (Phi) is 5.60. The van der Waals surface area contributed by atoms with Crippen LogP contribution in [-0.4, -0.2) is 23.3 Å². The molecule has 1 saturated carbocycles. The standard InChI is InChI=1S/C17H24N2O2/c1-2-10-19-17(13-18)9-3-4-16(11-17)21-15-7-5-14(12-20)6-8-15/h5-8,16,19-20H,2-4,9-12H2,1H3. The van der Waals surface area contributed by atoms with Gasteiger partial charge in [-0.15, -0.1) is 0 Å². The number of benzene rings is 1. The van der Waals surface area contributed by atoms with E-state index in [1.165, 1.54) is 0 Å².